The van der Waals surface area contributed by atoms with E-state index in [4.69, 9.17) is 9.47 Å². The third-order valence-electron chi connectivity index (χ3n) is 10.6. The van der Waals surface area contributed by atoms with E-state index in [9.17, 15) is 0 Å². The Bertz CT molecular complexity index is 1510. The van der Waals surface area contributed by atoms with Crippen LogP contribution in [-0.4, -0.2) is 50.0 Å². The van der Waals surface area contributed by atoms with E-state index in [2.05, 4.69) is 141 Å². The van der Waals surface area contributed by atoms with Crippen LogP contribution in [0.5, 0.6) is 11.5 Å². The molecule has 5 rings (SSSR count). The zero-order valence-corrected chi connectivity index (χ0v) is 40.1. The summed E-state index contributed by atoms with van der Waals surface area (Å²) in [6, 6.07) is 23.6. The molecule has 0 spiro atoms. The molecule has 0 aliphatic heterocycles. The van der Waals surface area contributed by atoms with Crippen LogP contribution in [0, 0.1) is 11.8 Å². The first-order valence-corrected chi connectivity index (χ1v) is 41.2. The minimum absolute atomic E-state index is 0.246. The first kappa shape index (κ1) is 40.2. The van der Waals surface area contributed by atoms with Crippen molar-refractivity contribution >= 4 is 65.2 Å². The number of ether oxygens (including phenoxy) is 2. The molecule has 2 aromatic carbocycles. The fraction of sp³-hybridized carbons (Fsp3) is 0.545. The number of benzene rings is 2. The molecule has 0 fully saturated rings. The first-order chi connectivity index (χ1) is 23.9. The zero-order chi connectivity index (χ0) is 36.1. The van der Waals surface area contributed by atoms with E-state index in [1.807, 2.05) is 0 Å². The fourth-order valence-corrected chi connectivity index (χ4v) is 20.5. The molecular weight excluding hydrogens is 862 g/mol. The van der Waals surface area contributed by atoms with E-state index < -0.39 is 36.8 Å². The third-order valence-corrected chi connectivity index (χ3v) is 31.9. The molecule has 4 atom stereocenters. The van der Waals surface area contributed by atoms with Crippen LogP contribution in [0.25, 0.3) is 0 Å². The van der Waals surface area contributed by atoms with Gasteiger partial charge in [0, 0.05) is 0 Å². The third kappa shape index (κ3) is 9.77. The first-order valence-electron chi connectivity index (χ1n) is 19.6. The van der Waals surface area contributed by atoms with E-state index in [0.29, 0.717) is 11.8 Å². The molecule has 0 saturated carbocycles. The van der Waals surface area contributed by atoms with Crippen LogP contribution in [0.4, 0.5) is 0 Å². The molecule has 272 valence electrons. The molecule has 1 aliphatic rings. The maximum atomic E-state index is 6.57. The van der Waals surface area contributed by atoms with Crippen molar-refractivity contribution in [3.63, 3.8) is 0 Å². The predicted molar refractivity (Wildman–Crippen MR) is 227 cm³/mol. The normalized spacial score (nSPS) is 17.2. The molecule has 0 N–H and O–H groups in total. The van der Waals surface area contributed by atoms with Gasteiger partial charge in [-0.1, -0.05) is 26.7 Å². The Morgan fingerprint density at radius 1 is 0.580 bits per heavy atom. The molecule has 2 nitrogen and oxygen atoms in total. The van der Waals surface area contributed by atoms with Crippen LogP contribution in [0.3, 0.4) is 0 Å². The molecule has 6 heteroatoms. The van der Waals surface area contributed by atoms with E-state index in [-0.39, 0.29) is 11.8 Å². The van der Waals surface area contributed by atoms with Crippen molar-refractivity contribution in [2.24, 2.45) is 11.8 Å². The van der Waals surface area contributed by atoms with Crippen LogP contribution in [0.15, 0.2) is 60.7 Å². The van der Waals surface area contributed by atoms with Gasteiger partial charge in [-0.3, -0.25) is 0 Å². The molecule has 0 saturated heterocycles. The Hall–Kier alpha value is -0.963. The Labute approximate surface area is 321 Å². The van der Waals surface area contributed by atoms with Gasteiger partial charge in [0.05, 0.1) is 0 Å². The van der Waals surface area contributed by atoms with E-state index in [1.165, 1.54) is 73.6 Å². The zero-order valence-electron chi connectivity index (χ0n) is 32.8. The van der Waals surface area contributed by atoms with Crippen LogP contribution in [0.2, 0.25) is 29.6 Å². The second kappa shape index (κ2) is 17.9. The van der Waals surface area contributed by atoms with Crippen molar-refractivity contribution in [1.29, 1.82) is 0 Å². The number of hydrogen-bond acceptors (Lipinski definition) is 4. The van der Waals surface area contributed by atoms with Crippen LogP contribution in [0.1, 0.15) is 123 Å². The predicted octanol–water partition coefficient (Wildman–Crippen LogP) is 12.8. The van der Waals surface area contributed by atoms with Crippen LogP contribution >= 0.6 is 22.7 Å². The molecule has 4 unspecified atom stereocenters. The van der Waals surface area contributed by atoms with E-state index >= 15 is 0 Å². The summed E-state index contributed by atoms with van der Waals surface area (Å²) in [5.41, 5.74) is 5.83. The van der Waals surface area contributed by atoms with Crippen molar-refractivity contribution in [1.82, 2.24) is 0 Å². The average molecular weight is 927 g/mol. The van der Waals surface area contributed by atoms with Gasteiger partial charge in [0.15, 0.2) is 0 Å². The molecule has 2 heterocycles. The van der Waals surface area contributed by atoms with Crippen LogP contribution < -0.4 is 15.3 Å². The second-order valence-corrected chi connectivity index (χ2v) is 49.8. The summed E-state index contributed by atoms with van der Waals surface area (Å²) < 4.78 is 16.5. The summed E-state index contributed by atoms with van der Waals surface area (Å²) >= 11 is -0.514. The monoisotopic (exact) mass is 928 g/mol. The number of unbranched alkanes of at least 4 members (excludes halogenated alkanes) is 2. The Morgan fingerprint density at radius 2 is 0.980 bits per heavy atom. The van der Waals surface area contributed by atoms with Gasteiger partial charge in [0.1, 0.15) is 0 Å². The summed E-state index contributed by atoms with van der Waals surface area (Å²) in [6.07, 6.45) is 9.91. The van der Waals surface area contributed by atoms with Crippen molar-refractivity contribution in [3.05, 3.63) is 92.7 Å². The van der Waals surface area contributed by atoms with Gasteiger partial charge in [-0.05, 0) is 0 Å². The summed E-state index contributed by atoms with van der Waals surface area (Å²) in [4.78, 5) is 18.6. The van der Waals surface area contributed by atoms with Gasteiger partial charge in [-0.2, -0.15) is 0 Å². The molecular formula is C44H64O2S2Sn2. The van der Waals surface area contributed by atoms with Gasteiger partial charge in [-0.15, -0.1) is 0 Å². The summed E-state index contributed by atoms with van der Waals surface area (Å²) in [6.45, 7) is 10.8. The van der Waals surface area contributed by atoms with Crippen molar-refractivity contribution in [3.8, 4) is 11.5 Å². The quantitative estimate of drug-likeness (QED) is 0.0815. The molecule has 1 aliphatic carbocycles. The molecule has 2 aromatic heterocycles. The SMILES string of the molecule is CCCCC(CC)COc1cccc(C2c3c[c]([Sn]([CH3])([CH3])[CH3])sc3C(c3cccc(OCC(CC)CCCC)c3)c3c[c]([Sn]([CH3])([CH3])[CH3])sc32)c1. The minimum atomic E-state index is -2.39. The van der Waals surface area contributed by atoms with Crippen LogP contribution in [-0.2, 0) is 0 Å². The van der Waals surface area contributed by atoms with E-state index in [0.717, 1.165) is 24.7 Å². The fourth-order valence-electron chi connectivity index (χ4n) is 7.22. The van der Waals surface area contributed by atoms with Gasteiger partial charge in [0.25, 0.3) is 0 Å². The number of rotatable bonds is 18. The van der Waals surface area contributed by atoms with Gasteiger partial charge >= 0.3 is 298 Å². The number of thiophene rings is 2. The summed E-state index contributed by atoms with van der Waals surface area (Å²) in [5.74, 6) is 3.78. The molecule has 50 heavy (non-hydrogen) atoms. The van der Waals surface area contributed by atoms with Crippen molar-refractivity contribution in [2.45, 2.75) is 121 Å². The summed E-state index contributed by atoms with van der Waals surface area (Å²) in [5, 5.41) is 0. The number of hydrogen-bond donors (Lipinski definition) is 0. The Morgan fingerprint density at radius 3 is 1.32 bits per heavy atom. The Balaban J connectivity index is 1.59. The van der Waals surface area contributed by atoms with E-state index in [1.54, 1.807) is 15.5 Å². The second-order valence-electron chi connectivity index (χ2n) is 16.8. The Kier molecular flexibility index (Phi) is 14.4. The van der Waals surface area contributed by atoms with Crippen molar-refractivity contribution in [2.75, 3.05) is 13.2 Å². The average Bonchev–Trinajstić information content (AvgIpc) is 3.73. The molecule has 0 amide bonds. The molecule has 0 radical (unpaired) electrons. The van der Waals surface area contributed by atoms with Gasteiger partial charge in [-0.25, -0.2) is 0 Å². The number of fused-ring (bicyclic) bond motifs is 2. The standard InChI is InChI=1S/C38H46O2S2.6CH3.2Sn/c1-5-9-13-27(7-3)25-39-31-17-11-15-29(23-31)35-33-19-21-42-38(33)36(34-20-22-41-37(34)35)30-16-12-18-32(24-30)40-26-28(8-4)14-10-6-2;;;;;;;;/h11-12,15-20,23-24,27-28,35-36H,5-10,13-14,25-26H2,1-4H3;6*1H3;;. The molecule has 4 aromatic rings. The van der Waals surface area contributed by atoms with Crippen molar-refractivity contribution < 1.29 is 9.47 Å². The summed E-state index contributed by atoms with van der Waals surface area (Å²) in [7, 11) is 0. The maximum absolute atomic E-state index is 6.57. The van der Waals surface area contributed by atoms with Gasteiger partial charge < -0.3 is 0 Å². The topological polar surface area (TPSA) is 18.5 Å². The van der Waals surface area contributed by atoms with Gasteiger partial charge in [0.2, 0.25) is 0 Å². The molecule has 0 bridgehead atoms.